The van der Waals surface area contributed by atoms with Gasteiger partial charge >= 0.3 is 13.9 Å². The summed E-state index contributed by atoms with van der Waals surface area (Å²) in [5.41, 5.74) is -1.85. The molecule has 30 heavy (non-hydrogen) atoms. The van der Waals surface area contributed by atoms with Crippen LogP contribution < -0.4 is 16.0 Å². The normalized spacial score (nSPS) is 28.3. The van der Waals surface area contributed by atoms with Crippen LogP contribution in [0.25, 0.3) is 0 Å². The van der Waals surface area contributed by atoms with Gasteiger partial charge in [0.15, 0.2) is 0 Å². The smallest absolute Gasteiger partial charge is 0.497 e. The molecule has 1 aromatic carbocycles. The summed E-state index contributed by atoms with van der Waals surface area (Å²) in [6.07, 6.45) is -1.51. The molecule has 2 aliphatic heterocycles. The third-order valence-corrected chi connectivity index (χ3v) is 6.19. The zero-order valence-corrected chi connectivity index (χ0v) is 16.5. The fourth-order valence-electron chi connectivity index (χ4n) is 3.18. The van der Waals surface area contributed by atoms with E-state index in [-0.39, 0.29) is 25.2 Å². The fraction of sp³-hybridized carbons (Fsp3) is 0.412. The molecule has 0 saturated carbocycles. The lowest BCUT2D eigenvalue weighted by molar-refractivity contribution is -0.0829. The summed E-state index contributed by atoms with van der Waals surface area (Å²) in [6.45, 7) is -0.452. The lowest BCUT2D eigenvalue weighted by atomic mass is 10.2. The van der Waals surface area contributed by atoms with Crippen molar-refractivity contribution in [3.63, 3.8) is 0 Å². The van der Waals surface area contributed by atoms with Crippen molar-refractivity contribution in [1.82, 2.24) is 9.55 Å². The van der Waals surface area contributed by atoms with Crippen LogP contribution in [-0.4, -0.2) is 40.4 Å². The number of benzene rings is 1. The maximum atomic E-state index is 13.9. The van der Waals surface area contributed by atoms with Gasteiger partial charge in [0.2, 0.25) is 5.82 Å². The third kappa shape index (κ3) is 4.15. The molecular formula is C17H18F2N2O8P+. The van der Waals surface area contributed by atoms with E-state index in [9.17, 15) is 23.3 Å². The minimum absolute atomic E-state index is 0.0681. The molecule has 0 amide bonds. The summed E-state index contributed by atoms with van der Waals surface area (Å²) < 4.78 is 55.2. The molecule has 3 heterocycles. The zero-order chi connectivity index (χ0) is 21.5. The van der Waals surface area contributed by atoms with Crippen LogP contribution in [0, 0.1) is 11.6 Å². The Kier molecular flexibility index (Phi) is 5.71. The van der Waals surface area contributed by atoms with Gasteiger partial charge in [-0.05, 0) is 18.2 Å². The number of aromatic amines is 1. The average molecular weight is 447 g/mol. The minimum atomic E-state index is -3.80. The number of nitrogens with one attached hydrogen (secondary N) is 1. The highest BCUT2D eigenvalue weighted by molar-refractivity contribution is 7.55. The molecule has 13 heteroatoms. The number of hydrogen-bond acceptors (Lipinski definition) is 8. The highest BCUT2D eigenvalue weighted by Gasteiger charge is 2.58. The van der Waals surface area contributed by atoms with E-state index < -0.39 is 49.5 Å². The predicted octanol–water partition coefficient (Wildman–Crippen LogP) is 1.41. The van der Waals surface area contributed by atoms with Crippen LogP contribution in [0.15, 0.2) is 34.0 Å². The number of aromatic nitrogens is 2. The van der Waals surface area contributed by atoms with E-state index in [2.05, 4.69) is 0 Å². The number of halogens is 2. The van der Waals surface area contributed by atoms with Crippen LogP contribution in [0.5, 0.6) is 5.75 Å². The van der Waals surface area contributed by atoms with Gasteiger partial charge in [-0.3, -0.25) is 14.3 Å². The summed E-state index contributed by atoms with van der Waals surface area (Å²) in [4.78, 5) is 35.5. The number of fused-ring (bicyclic) bond motifs is 1. The minimum Gasteiger partial charge on any atom is -0.497 e. The number of rotatable bonds is 5. The first-order chi connectivity index (χ1) is 14.3. The first kappa shape index (κ1) is 21.0. The van der Waals surface area contributed by atoms with Gasteiger partial charge in [0.05, 0.1) is 13.3 Å². The molecule has 2 saturated heterocycles. The molecule has 2 aliphatic rings. The molecule has 0 spiro atoms. The van der Waals surface area contributed by atoms with E-state index >= 15 is 0 Å². The Hall–Kier alpha value is -2.21. The Bertz CT molecular complexity index is 1060. The molecule has 4 atom stereocenters. The van der Waals surface area contributed by atoms with E-state index in [1.165, 1.54) is 25.3 Å². The first-order valence-electron chi connectivity index (χ1n) is 8.86. The van der Waals surface area contributed by atoms with Crippen molar-refractivity contribution < 1.29 is 36.7 Å². The van der Waals surface area contributed by atoms with Gasteiger partial charge in [0.1, 0.15) is 43.2 Å². The summed E-state index contributed by atoms with van der Waals surface area (Å²) in [7, 11) is -2.36. The Morgan fingerprint density at radius 1 is 1.30 bits per heavy atom. The first-order valence-corrected chi connectivity index (χ1v) is 10.4. The standard InChI is InChI=1S/C17H17F2N2O8P/c1-25-10-2-3-11(18)9(4-10)7-26-30(24)27-8-14-13(29-30)5-15(28-14)21-6-12(19)16(22)20-17(21)23/h2-4,6,13-15,24H,5,7-8H2,1H3/p+1/t13-,14+,15+,30?/m0/s1. The fourth-order valence-corrected chi connectivity index (χ4v) is 4.58. The largest absolute Gasteiger partial charge is 0.573 e. The Morgan fingerprint density at radius 2 is 2.10 bits per heavy atom. The van der Waals surface area contributed by atoms with Gasteiger partial charge in [-0.15, -0.1) is 9.05 Å². The summed E-state index contributed by atoms with van der Waals surface area (Å²) in [6, 6.07) is 4.06. The molecule has 162 valence electrons. The molecular weight excluding hydrogens is 429 g/mol. The van der Waals surface area contributed by atoms with Gasteiger partial charge in [0, 0.05) is 12.0 Å². The van der Waals surface area contributed by atoms with E-state index in [0.717, 1.165) is 10.8 Å². The van der Waals surface area contributed by atoms with Gasteiger partial charge < -0.3 is 9.47 Å². The van der Waals surface area contributed by atoms with E-state index in [1.807, 2.05) is 4.98 Å². The predicted molar refractivity (Wildman–Crippen MR) is 97.5 cm³/mol. The molecule has 4 rings (SSSR count). The molecule has 2 aromatic rings. The third-order valence-electron chi connectivity index (χ3n) is 4.72. The SMILES string of the molecule is COc1ccc(F)c(CO[P+]2(O)OC[C@H]3O[C@@H](n4cc(F)c(=O)[nH]c4=O)C[C@@H]3O2)c1. The molecule has 0 aliphatic carbocycles. The quantitative estimate of drug-likeness (QED) is 0.661. The van der Waals surface area contributed by atoms with Crippen molar-refractivity contribution in [2.45, 2.75) is 31.5 Å². The second kappa shape index (κ2) is 8.14. The van der Waals surface area contributed by atoms with E-state index in [1.54, 1.807) is 0 Å². The Morgan fingerprint density at radius 3 is 2.87 bits per heavy atom. The summed E-state index contributed by atoms with van der Waals surface area (Å²) in [5.74, 6) is -1.28. The molecule has 0 radical (unpaired) electrons. The van der Waals surface area contributed by atoms with Gasteiger partial charge in [0.25, 0.3) is 5.56 Å². The van der Waals surface area contributed by atoms with Crippen LogP contribution in [0.4, 0.5) is 8.78 Å². The van der Waals surface area contributed by atoms with Crippen molar-refractivity contribution in [2.24, 2.45) is 0 Å². The molecule has 2 N–H and O–H groups in total. The van der Waals surface area contributed by atoms with Crippen LogP contribution in [0.3, 0.4) is 0 Å². The molecule has 0 bridgehead atoms. The number of methoxy groups -OCH3 is 1. The number of H-pyrrole nitrogens is 1. The lowest BCUT2D eigenvalue weighted by Crippen LogP contribution is -2.35. The van der Waals surface area contributed by atoms with Crippen molar-refractivity contribution in [1.29, 1.82) is 0 Å². The molecule has 10 nitrogen and oxygen atoms in total. The van der Waals surface area contributed by atoms with Gasteiger partial charge in [-0.2, -0.15) is 13.8 Å². The highest BCUT2D eigenvalue weighted by atomic mass is 31.2. The van der Waals surface area contributed by atoms with Crippen LogP contribution in [-0.2, 0) is 24.9 Å². The second-order valence-corrected chi connectivity index (χ2v) is 8.31. The van der Waals surface area contributed by atoms with Crippen molar-refractivity contribution in [2.75, 3.05) is 13.7 Å². The Labute approximate surface area is 168 Å². The Balaban J connectivity index is 1.44. The average Bonchev–Trinajstić information content (AvgIpc) is 3.12. The van der Waals surface area contributed by atoms with Crippen LogP contribution >= 0.6 is 8.17 Å². The van der Waals surface area contributed by atoms with Gasteiger partial charge in [-0.25, -0.2) is 9.18 Å². The number of ether oxygens (including phenoxy) is 2. The highest BCUT2D eigenvalue weighted by Crippen LogP contribution is 2.63. The summed E-state index contributed by atoms with van der Waals surface area (Å²) >= 11 is 0. The van der Waals surface area contributed by atoms with Crippen molar-refractivity contribution in [3.8, 4) is 5.75 Å². The molecule has 2 fully saturated rings. The van der Waals surface area contributed by atoms with Gasteiger partial charge in [-0.1, -0.05) is 0 Å². The lowest BCUT2D eigenvalue weighted by Gasteiger charge is -2.26. The maximum absolute atomic E-state index is 13.9. The molecule has 1 unspecified atom stereocenters. The molecule has 1 aromatic heterocycles. The summed E-state index contributed by atoms with van der Waals surface area (Å²) in [5, 5.41) is 0. The maximum Gasteiger partial charge on any atom is 0.573 e. The van der Waals surface area contributed by atoms with E-state index in [4.69, 9.17) is 23.0 Å². The topological polar surface area (TPSA) is 121 Å². The number of hydrogen-bond donors (Lipinski definition) is 2. The van der Waals surface area contributed by atoms with Crippen LogP contribution in [0.1, 0.15) is 18.2 Å². The van der Waals surface area contributed by atoms with Crippen molar-refractivity contribution in [3.05, 3.63) is 62.4 Å². The number of nitrogens with zero attached hydrogens (tertiary/aromatic N) is 1. The monoisotopic (exact) mass is 447 g/mol. The van der Waals surface area contributed by atoms with Crippen molar-refractivity contribution >= 4 is 8.17 Å². The second-order valence-electron chi connectivity index (χ2n) is 6.65. The van der Waals surface area contributed by atoms with E-state index in [0.29, 0.717) is 5.75 Å². The zero-order valence-electron chi connectivity index (χ0n) is 15.6. The van der Waals surface area contributed by atoms with Crippen LogP contribution in [0.2, 0.25) is 0 Å².